The van der Waals surface area contributed by atoms with Gasteiger partial charge in [-0.1, -0.05) is 6.07 Å². The zero-order valence-electron chi connectivity index (χ0n) is 15.2. The van der Waals surface area contributed by atoms with Crippen molar-refractivity contribution in [3.8, 4) is 5.75 Å². The van der Waals surface area contributed by atoms with E-state index in [-0.39, 0.29) is 17.9 Å². The number of aromatic nitrogens is 1. The summed E-state index contributed by atoms with van der Waals surface area (Å²) in [4.78, 5) is 29.3. The van der Waals surface area contributed by atoms with Crippen molar-refractivity contribution < 1.29 is 14.3 Å². The molecule has 1 saturated carbocycles. The Balaban J connectivity index is 1.41. The molecule has 3 aromatic rings. The molecular formula is C20H19N3O3S2. The number of hydrogen-bond acceptors (Lipinski definition) is 6. The molecule has 4 rings (SSSR count). The number of thiazole rings is 1. The number of amides is 2. The van der Waals surface area contributed by atoms with Crippen molar-refractivity contribution in [2.24, 2.45) is 0 Å². The van der Waals surface area contributed by atoms with Crippen LogP contribution in [0.25, 0.3) is 0 Å². The van der Waals surface area contributed by atoms with Crippen LogP contribution < -0.4 is 15.4 Å². The maximum Gasteiger partial charge on any atom is 0.256 e. The molecule has 1 aliphatic rings. The molecular weight excluding hydrogens is 394 g/mol. The van der Waals surface area contributed by atoms with Crippen LogP contribution in [0.15, 0.2) is 41.1 Å². The summed E-state index contributed by atoms with van der Waals surface area (Å²) >= 11 is 2.91. The molecule has 2 amide bonds. The van der Waals surface area contributed by atoms with E-state index in [0.29, 0.717) is 28.5 Å². The number of aryl methyl sites for hydroxylation is 1. The molecule has 144 valence electrons. The van der Waals surface area contributed by atoms with Gasteiger partial charge < -0.3 is 15.4 Å². The van der Waals surface area contributed by atoms with Crippen molar-refractivity contribution >= 4 is 39.5 Å². The number of rotatable bonds is 7. The van der Waals surface area contributed by atoms with Crippen LogP contribution in [-0.2, 0) is 6.61 Å². The Morgan fingerprint density at radius 1 is 1.21 bits per heavy atom. The van der Waals surface area contributed by atoms with E-state index < -0.39 is 0 Å². The molecule has 1 fully saturated rings. The summed E-state index contributed by atoms with van der Waals surface area (Å²) in [5, 5.41) is 11.1. The van der Waals surface area contributed by atoms with Crippen LogP contribution in [-0.4, -0.2) is 22.8 Å². The summed E-state index contributed by atoms with van der Waals surface area (Å²) in [6.07, 6.45) is 2.04. The minimum absolute atomic E-state index is 0.144. The third-order valence-electron chi connectivity index (χ3n) is 4.20. The smallest absolute Gasteiger partial charge is 0.256 e. The zero-order chi connectivity index (χ0) is 19.5. The van der Waals surface area contributed by atoms with Gasteiger partial charge in [-0.3, -0.25) is 9.59 Å². The fourth-order valence-electron chi connectivity index (χ4n) is 2.61. The van der Waals surface area contributed by atoms with E-state index in [0.717, 1.165) is 23.5 Å². The Labute approximate surface area is 170 Å². The SMILES string of the molecule is Cc1nc(COc2cccc(C(=O)Nc3sccc3C(=O)NC3CC3)c2)cs1. The van der Waals surface area contributed by atoms with Crippen LogP contribution in [0.4, 0.5) is 5.00 Å². The van der Waals surface area contributed by atoms with Gasteiger partial charge in [0, 0.05) is 17.0 Å². The van der Waals surface area contributed by atoms with Crippen LogP contribution in [0.3, 0.4) is 0 Å². The molecule has 0 spiro atoms. The Morgan fingerprint density at radius 3 is 2.82 bits per heavy atom. The average Bonchev–Trinajstić information content (AvgIpc) is 3.21. The quantitative estimate of drug-likeness (QED) is 0.607. The van der Waals surface area contributed by atoms with E-state index in [2.05, 4.69) is 15.6 Å². The molecule has 1 aliphatic carbocycles. The summed E-state index contributed by atoms with van der Waals surface area (Å²) in [6, 6.07) is 8.97. The summed E-state index contributed by atoms with van der Waals surface area (Å²) in [6.45, 7) is 2.30. The monoisotopic (exact) mass is 413 g/mol. The van der Waals surface area contributed by atoms with Gasteiger partial charge in [-0.05, 0) is 49.4 Å². The van der Waals surface area contributed by atoms with Crippen LogP contribution in [0.2, 0.25) is 0 Å². The largest absolute Gasteiger partial charge is 0.487 e. The summed E-state index contributed by atoms with van der Waals surface area (Å²) in [5.41, 5.74) is 1.83. The topological polar surface area (TPSA) is 80.3 Å². The normalized spacial score (nSPS) is 13.2. The molecule has 0 aliphatic heterocycles. The second-order valence-corrected chi connectivity index (χ2v) is 8.52. The average molecular weight is 414 g/mol. The number of nitrogens with one attached hydrogen (secondary N) is 2. The molecule has 2 aromatic heterocycles. The second-order valence-electron chi connectivity index (χ2n) is 6.54. The Bertz CT molecular complexity index is 1010. The van der Waals surface area contributed by atoms with Crippen molar-refractivity contribution in [2.75, 3.05) is 5.32 Å². The molecule has 2 heterocycles. The lowest BCUT2D eigenvalue weighted by atomic mass is 10.2. The van der Waals surface area contributed by atoms with Gasteiger partial charge in [0.25, 0.3) is 11.8 Å². The standard InChI is InChI=1S/C20H19N3O3S2/c1-12-21-15(11-28-12)10-26-16-4-2-3-13(9-16)18(24)23-20-17(7-8-27-20)19(25)22-14-5-6-14/h2-4,7-9,11,14H,5-6,10H2,1H3,(H,22,25)(H,23,24). The summed E-state index contributed by atoms with van der Waals surface area (Å²) in [5.74, 6) is 0.170. The van der Waals surface area contributed by atoms with Crippen molar-refractivity contribution in [3.63, 3.8) is 0 Å². The predicted octanol–water partition coefficient (Wildman–Crippen LogP) is 4.24. The first-order valence-corrected chi connectivity index (χ1v) is 10.7. The fourth-order valence-corrected chi connectivity index (χ4v) is 3.99. The number of carbonyl (C=O) groups excluding carboxylic acids is 2. The van der Waals surface area contributed by atoms with Crippen molar-refractivity contribution in [1.82, 2.24) is 10.3 Å². The zero-order valence-corrected chi connectivity index (χ0v) is 16.9. The summed E-state index contributed by atoms with van der Waals surface area (Å²) in [7, 11) is 0. The van der Waals surface area contributed by atoms with E-state index in [9.17, 15) is 9.59 Å². The number of ether oxygens (including phenoxy) is 1. The minimum atomic E-state index is -0.280. The molecule has 0 bridgehead atoms. The van der Waals surface area contributed by atoms with E-state index >= 15 is 0 Å². The number of anilines is 1. The van der Waals surface area contributed by atoms with Gasteiger partial charge in [-0.2, -0.15) is 0 Å². The first kappa shape index (κ1) is 18.6. The third kappa shape index (κ3) is 4.58. The van der Waals surface area contributed by atoms with Gasteiger partial charge >= 0.3 is 0 Å². The first-order chi connectivity index (χ1) is 13.6. The Hall–Kier alpha value is -2.71. The maximum absolute atomic E-state index is 12.6. The molecule has 0 saturated heterocycles. The van der Waals surface area contributed by atoms with Crippen LogP contribution in [0.5, 0.6) is 5.75 Å². The highest BCUT2D eigenvalue weighted by Crippen LogP contribution is 2.26. The molecule has 28 heavy (non-hydrogen) atoms. The summed E-state index contributed by atoms with van der Waals surface area (Å²) < 4.78 is 5.75. The number of benzene rings is 1. The fraction of sp³-hybridized carbons (Fsp3) is 0.250. The lowest BCUT2D eigenvalue weighted by molar-refractivity contribution is 0.0952. The number of carbonyl (C=O) groups is 2. The number of nitrogens with zero attached hydrogens (tertiary/aromatic N) is 1. The molecule has 0 atom stereocenters. The van der Waals surface area contributed by atoms with Crippen molar-refractivity contribution in [2.45, 2.75) is 32.4 Å². The molecule has 1 aromatic carbocycles. The van der Waals surface area contributed by atoms with Crippen molar-refractivity contribution in [1.29, 1.82) is 0 Å². The van der Waals surface area contributed by atoms with E-state index in [1.54, 1.807) is 47.0 Å². The van der Waals surface area contributed by atoms with E-state index in [1.165, 1.54) is 11.3 Å². The van der Waals surface area contributed by atoms with E-state index in [4.69, 9.17) is 4.74 Å². The molecule has 6 nitrogen and oxygen atoms in total. The molecule has 0 radical (unpaired) electrons. The highest BCUT2D eigenvalue weighted by molar-refractivity contribution is 7.14. The second kappa shape index (κ2) is 8.12. The number of thiophene rings is 1. The Morgan fingerprint density at radius 2 is 2.07 bits per heavy atom. The molecule has 8 heteroatoms. The highest BCUT2D eigenvalue weighted by Gasteiger charge is 2.25. The molecule has 2 N–H and O–H groups in total. The van der Waals surface area contributed by atoms with Gasteiger partial charge in [0.2, 0.25) is 0 Å². The van der Waals surface area contributed by atoms with Gasteiger partial charge in [0.05, 0.1) is 16.3 Å². The lowest BCUT2D eigenvalue weighted by Gasteiger charge is -2.09. The minimum Gasteiger partial charge on any atom is -0.487 e. The van der Waals surface area contributed by atoms with Crippen LogP contribution in [0.1, 0.15) is 44.3 Å². The van der Waals surface area contributed by atoms with Crippen molar-refractivity contribution in [3.05, 3.63) is 62.9 Å². The molecule has 0 unspecified atom stereocenters. The van der Waals surface area contributed by atoms with Crippen LogP contribution >= 0.6 is 22.7 Å². The Kier molecular flexibility index (Phi) is 5.40. The maximum atomic E-state index is 12.6. The van der Waals surface area contributed by atoms with Gasteiger partial charge in [0.15, 0.2) is 0 Å². The van der Waals surface area contributed by atoms with Gasteiger partial charge in [0.1, 0.15) is 17.4 Å². The lowest BCUT2D eigenvalue weighted by Crippen LogP contribution is -2.26. The third-order valence-corrected chi connectivity index (χ3v) is 5.85. The predicted molar refractivity (Wildman–Crippen MR) is 110 cm³/mol. The first-order valence-electron chi connectivity index (χ1n) is 8.92. The highest BCUT2D eigenvalue weighted by atomic mass is 32.1. The number of hydrogen-bond donors (Lipinski definition) is 2. The van der Waals surface area contributed by atoms with Gasteiger partial charge in [-0.15, -0.1) is 22.7 Å². The van der Waals surface area contributed by atoms with Gasteiger partial charge in [-0.25, -0.2) is 4.98 Å². The van der Waals surface area contributed by atoms with Crippen LogP contribution in [0, 0.1) is 6.92 Å². The van der Waals surface area contributed by atoms with E-state index in [1.807, 2.05) is 12.3 Å².